The molecule has 3 nitrogen and oxygen atoms in total. The first-order valence-electron chi connectivity index (χ1n) is 6.75. The van der Waals surface area contributed by atoms with Crippen LogP contribution in [0.2, 0.25) is 0 Å². The van der Waals surface area contributed by atoms with Crippen molar-refractivity contribution < 1.29 is 14.6 Å². The summed E-state index contributed by atoms with van der Waals surface area (Å²) in [6.07, 6.45) is 5.42. The van der Waals surface area contributed by atoms with Gasteiger partial charge in [-0.25, -0.2) is 4.79 Å². The monoisotopic (exact) mass is 250 g/mol. The molecule has 0 aromatic heterocycles. The van der Waals surface area contributed by atoms with Crippen molar-refractivity contribution in [2.75, 3.05) is 0 Å². The predicted octanol–water partition coefficient (Wildman–Crippen LogP) is 2.60. The van der Waals surface area contributed by atoms with E-state index in [-0.39, 0.29) is 24.1 Å². The molecule has 0 radical (unpaired) electrons. The number of carbonyl (C=O) groups excluding carboxylic acids is 1. The first-order valence-corrected chi connectivity index (χ1v) is 6.75. The lowest BCUT2D eigenvalue weighted by molar-refractivity contribution is -0.139. The van der Waals surface area contributed by atoms with Gasteiger partial charge in [0.1, 0.15) is 6.10 Å². The third-order valence-electron chi connectivity index (χ3n) is 4.12. The Labute approximate surface area is 109 Å². The second kappa shape index (κ2) is 5.27. The molecule has 1 heterocycles. The lowest BCUT2D eigenvalue weighted by Gasteiger charge is -2.18. The van der Waals surface area contributed by atoms with Crippen LogP contribution in [0.1, 0.15) is 39.5 Å². The highest BCUT2D eigenvalue weighted by molar-refractivity contribution is 5.90. The number of carbonyl (C=O) groups is 1. The molecule has 0 aromatic rings. The van der Waals surface area contributed by atoms with Gasteiger partial charge in [0.15, 0.2) is 0 Å². The minimum atomic E-state index is -0.256. The number of allylic oxidation sites excluding steroid dienone is 2. The van der Waals surface area contributed by atoms with Crippen molar-refractivity contribution in [2.45, 2.75) is 51.7 Å². The first-order chi connectivity index (χ1) is 8.49. The molecule has 0 aromatic carbocycles. The first kappa shape index (κ1) is 13.3. The van der Waals surface area contributed by atoms with Crippen molar-refractivity contribution in [3.8, 4) is 0 Å². The summed E-state index contributed by atoms with van der Waals surface area (Å²) < 4.78 is 5.38. The molecule has 1 N–H and O–H groups in total. The van der Waals surface area contributed by atoms with Crippen LogP contribution < -0.4 is 0 Å². The minimum Gasteiger partial charge on any atom is -0.458 e. The molecule has 1 fully saturated rings. The molecule has 18 heavy (non-hydrogen) atoms. The highest BCUT2D eigenvalue weighted by atomic mass is 16.6. The molecule has 0 unspecified atom stereocenters. The molecular formula is C15H22O3. The lowest BCUT2D eigenvalue weighted by atomic mass is 9.90. The molecule has 3 heteroatoms. The molecule has 0 spiro atoms. The van der Waals surface area contributed by atoms with E-state index in [0.717, 1.165) is 25.7 Å². The summed E-state index contributed by atoms with van der Waals surface area (Å²) in [7, 11) is 0. The average molecular weight is 250 g/mol. The van der Waals surface area contributed by atoms with E-state index < -0.39 is 0 Å². The van der Waals surface area contributed by atoms with Crippen LogP contribution in [0.25, 0.3) is 0 Å². The number of esters is 1. The summed E-state index contributed by atoms with van der Waals surface area (Å²) in [6, 6.07) is 0. The number of hydrogen-bond donors (Lipinski definition) is 1. The van der Waals surface area contributed by atoms with Crippen molar-refractivity contribution in [2.24, 2.45) is 11.8 Å². The maximum Gasteiger partial charge on any atom is 0.334 e. The number of fused-ring (bicyclic) bond motifs is 1. The van der Waals surface area contributed by atoms with Crippen LogP contribution in [0.15, 0.2) is 23.8 Å². The third-order valence-corrected chi connectivity index (χ3v) is 4.12. The summed E-state index contributed by atoms with van der Waals surface area (Å²) in [5.41, 5.74) is 2.01. The Morgan fingerprint density at radius 2 is 2.33 bits per heavy atom. The lowest BCUT2D eigenvalue weighted by Crippen LogP contribution is -2.17. The Morgan fingerprint density at radius 3 is 3.00 bits per heavy atom. The summed E-state index contributed by atoms with van der Waals surface area (Å²) in [5.74, 6) is 0.347. The van der Waals surface area contributed by atoms with Gasteiger partial charge in [0.05, 0.1) is 6.10 Å². The number of aliphatic hydroxyl groups excluding tert-OH is 1. The normalized spacial score (nSPS) is 33.5. The van der Waals surface area contributed by atoms with Gasteiger partial charge in [-0.05, 0) is 38.5 Å². The van der Waals surface area contributed by atoms with Crippen LogP contribution >= 0.6 is 0 Å². The quantitative estimate of drug-likeness (QED) is 0.476. The van der Waals surface area contributed by atoms with Gasteiger partial charge in [-0.15, -0.1) is 0 Å². The van der Waals surface area contributed by atoms with E-state index in [1.807, 2.05) is 6.92 Å². The summed E-state index contributed by atoms with van der Waals surface area (Å²) in [5, 5.41) is 9.37. The number of rotatable bonds is 3. The van der Waals surface area contributed by atoms with Crippen LogP contribution in [-0.2, 0) is 9.53 Å². The Morgan fingerprint density at radius 1 is 1.61 bits per heavy atom. The van der Waals surface area contributed by atoms with Gasteiger partial charge >= 0.3 is 5.97 Å². The molecule has 100 valence electrons. The maximum atomic E-state index is 11.5. The maximum absolute atomic E-state index is 11.5. The fraction of sp³-hybridized carbons (Fsp3) is 0.667. The second-order valence-corrected chi connectivity index (χ2v) is 5.61. The largest absolute Gasteiger partial charge is 0.458 e. The number of ether oxygens (including phenoxy) is 1. The number of hydrogen-bond acceptors (Lipinski definition) is 3. The van der Waals surface area contributed by atoms with Crippen LogP contribution in [0.4, 0.5) is 0 Å². The van der Waals surface area contributed by atoms with E-state index in [9.17, 15) is 9.90 Å². The molecule has 4 atom stereocenters. The Bertz CT molecular complexity index is 381. The van der Waals surface area contributed by atoms with E-state index in [1.54, 1.807) is 0 Å². The van der Waals surface area contributed by atoms with Crippen LogP contribution in [0, 0.1) is 11.8 Å². The topological polar surface area (TPSA) is 46.5 Å². The Balaban J connectivity index is 2.06. The molecule has 0 saturated carbocycles. The average Bonchev–Trinajstić information content (AvgIpc) is 2.46. The van der Waals surface area contributed by atoms with E-state index in [4.69, 9.17) is 4.74 Å². The van der Waals surface area contributed by atoms with Crippen molar-refractivity contribution in [3.63, 3.8) is 0 Å². The standard InChI is InChI=1S/C15H22O3/c1-9-8-14-13(11(3)15(17)18-14)7-6-12(9)5-4-10(2)16/h6,9-10,13-14,16H,3-5,7-8H2,1-2H3/t9-,10-,13+,14-/m1/s1. The van der Waals surface area contributed by atoms with Gasteiger partial charge in [-0.1, -0.05) is 25.2 Å². The highest BCUT2D eigenvalue weighted by Gasteiger charge is 2.40. The molecule has 1 aliphatic heterocycles. The van der Waals surface area contributed by atoms with Gasteiger partial charge in [0.2, 0.25) is 0 Å². The van der Waals surface area contributed by atoms with Crippen LogP contribution in [-0.4, -0.2) is 23.3 Å². The van der Waals surface area contributed by atoms with Crippen LogP contribution in [0.5, 0.6) is 0 Å². The third kappa shape index (κ3) is 2.66. The van der Waals surface area contributed by atoms with E-state index >= 15 is 0 Å². The van der Waals surface area contributed by atoms with Crippen LogP contribution in [0.3, 0.4) is 0 Å². The van der Waals surface area contributed by atoms with E-state index in [1.165, 1.54) is 5.57 Å². The molecule has 1 aliphatic carbocycles. The van der Waals surface area contributed by atoms with Crippen molar-refractivity contribution in [1.29, 1.82) is 0 Å². The van der Waals surface area contributed by atoms with Crippen molar-refractivity contribution in [3.05, 3.63) is 23.8 Å². The van der Waals surface area contributed by atoms with Gasteiger partial charge in [-0.3, -0.25) is 0 Å². The van der Waals surface area contributed by atoms with Crippen molar-refractivity contribution >= 4 is 5.97 Å². The van der Waals surface area contributed by atoms with E-state index in [0.29, 0.717) is 11.5 Å². The van der Waals surface area contributed by atoms with Gasteiger partial charge in [-0.2, -0.15) is 0 Å². The zero-order chi connectivity index (χ0) is 13.3. The molecule has 0 bridgehead atoms. The summed E-state index contributed by atoms with van der Waals surface area (Å²) in [6.45, 7) is 7.83. The Kier molecular flexibility index (Phi) is 3.91. The summed E-state index contributed by atoms with van der Waals surface area (Å²) in [4.78, 5) is 11.5. The SMILES string of the molecule is C=C1C(=O)O[C@@H]2C[C@@H](C)C(CC[C@@H](C)O)=CC[C@@H]12. The fourth-order valence-electron chi connectivity index (χ4n) is 2.88. The minimum absolute atomic E-state index is 0.000278. The second-order valence-electron chi connectivity index (χ2n) is 5.61. The number of aliphatic hydroxyl groups is 1. The summed E-state index contributed by atoms with van der Waals surface area (Å²) >= 11 is 0. The molecule has 1 saturated heterocycles. The highest BCUT2D eigenvalue weighted by Crippen LogP contribution is 2.39. The fourth-order valence-corrected chi connectivity index (χ4v) is 2.88. The van der Waals surface area contributed by atoms with Gasteiger partial charge in [0, 0.05) is 11.5 Å². The molecule has 0 amide bonds. The molecular weight excluding hydrogens is 228 g/mol. The predicted molar refractivity (Wildman–Crippen MR) is 69.9 cm³/mol. The van der Waals surface area contributed by atoms with Crippen molar-refractivity contribution in [1.82, 2.24) is 0 Å². The smallest absolute Gasteiger partial charge is 0.334 e. The van der Waals surface area contributed by atoms with Gasteiger partial charge < -0.3 is 9.84 Å². The zero-order valence-electron chi connectivity index (χ0n) is 11.2. The zero-order valence-corrected chi connectivity index (χ0v) is 11.2. The van der Waals surface area contributed by atoms with E-state index in [2.05, 4.69) is 19.6 Å². The Hall–Kier alpha value is -1.09. The molecule has 2 aliphatic rings. The van der Waals surface area contributed by atoms with Gasteiger partial charge in [0.25, 0.3) is 0 Å². The molecule has 2 rings (SSSR count).